The van der Waals surface area contributed by atoms with Gasteiger partial charge in [0.2, 0.25) is 0 Å². The zero-order valence-electron chi connectivity index (χ0n) is 17.7. The molecule has 6 nitrogen and oxygen atoms in total. The highest BCUT2D eigenvalue weighted by Crippen LogP contribution is 2.32. The van der Waals surface area contributed by atoms with Crippen LogP contribution in [-0.4, -0.2) is 49.2 Å². The standard InChI is InChI=1S/C23H34N4O2/c1-25(17-19-9-11-20(12-10-19)26-15-7-4-8-16-26)18-27-21(28)23(24-22(27)29)13-5-2-3-6-14-23/h9-12H,2-8,13-18H2,1H3,(H,24,29)/p+1. The molecule has 2 saturated heterocycles. The summed E-state index contributed by atoms with van der Waals surface area (Å²) >= 11 is 0. The van der Waals surface area contributed by atoms with Crippen molar-refractivity contribution in [3.63, 3.8) is 0 Å². The van der Waals surface area contributed by atoms with Crippen LogP contribution in [0, 0.1) is 0 Å². The van der Waals surface area contributed by atoms with Crippen LogP contribution in [0.1, 0.15) is 63.4 Å². The van der Waals surface area contributed by atoms with Gasteiger partial charge < -0.3 is 15.1 Å². The lowest BCUT2D eigenvalue weighted by molar-refractivity contribution is -0.901. The van der Waals surface area contributed by atoms with Crippen molar-refractivity contribution in [2.24, 2.45) is 0 Å². The number of carbonyl (C=O) groups is 2. The van der Waals surface area contributed by atoms with E-state index in [2.05, 4.69) is 41.5 Å². The Kier molecular flexibility index (Phi) is 6.09. The first kappa shape index (κ1) is 20.2. The van der Waals surface area contributed by atoms with Crippen LogP contribution >= 0.6 is 0 Å². The Morgan fingerprint density at radius 3 is 2.21 bits per heavy atom. The zero-order chi connectivity index (χ0) is 20.3. The number of urea groups is 1. The number of piperidine rings is 1. The maximum atomic E-state index is 13.1. The van der Waals surface area contributed by atoms with Crippen LogP contribution in [0.5, 0.6) is 0 Å². The number of carbonyl (C=O) groups excluding carboxylic acids is 2. The van der Waals surface area contributed by atoms with Crippen molar-refractivity contribution in [1.82, 2.24) is 10.2 Å². The second-order valence-electron chi connectivity index (χ2n) is 9.17. The van der Waals surface area contributed by atoms with Gasteiger partial charge in [-0.05, 0) is 44.2 Å². The molecule has 158 valence electrons. The first-order valence-electron chi connectivity index (χ1n) is 11.4. The Bertz CT molecular complexity index is 719. The predicted molar refractivity (Wildman–Crippen MR) is 114 cm³/mol. The van der Waals surface area contributed by atoms with Gasteiger partial charge in [0, 0.05) is 24.3 Å². The summed E-state index contributed by atoms with van der Waals surface area (Å²) in [5, 5.41) is 3.04. The lowest BCUT2D eigenvalue weighted by Gasteiger charge is -2.29. The summed E-state index contributed by atoms with van der Waals surface area (Å²) in [4.78, 5) is 30.7. The van der Waals surface area contributed by atoms with E-state index in [1.807, 2.05) is 0 Å². The fraction of sp³-hybridized carbons (Fsp3) is 0.652. The van der Waals surface area contributed by atoms with Gasteiger partial charge in [-0.15, -0.1) is 0 Å². The number of amides is 3. The van der Waals surface area contributed by atoms with Crippen LogP contribution < -0.4 is 15.1 Å². The smallest absolute Gasteiger partial charge is 0.329 e. The molecule has 2 N–H and O–H groups in total. The first-order chi connectivity index (χ1) is 14.1. The summed E-state index contributed by atoms with van der Waals surface area (Å²) < 4.78 is 0. The molecule has 0 radical (unpaired) electrons. The number of rotatable bonds is 5. The molecule has 1 saturated carbocycles. The molecule has 29 heavy (non-hydrogen) atoms. The molecule has 1 aromatic rings. The monoisotopic (exact) mass is 399 g/mol. The molecule has 3 fully saturated rings. The molecule has 0 aromatic heterocycles. The maximum absolute atomic E-state index is 13.1. The molecule has 0 bridgehead atoms. The van der Waals surface area contributed by atoms with E-state index in [1.165, 1.54) is 35.4 Å². The predicted octanol–water partition coefficient (Wildman–Crippen LogP) is 2.29. The van der Waals surface area contributed by atoms with Gasteiger partial charge in [-0.1, -0.05) is 37.8 Å². The van der Waals surface area contributed by atoms with Gasteiger partial charge in [-0.25, -0.2) is 9.69 Å². The molecule has 1 aromatic carbocycles. The summed E-state index contributed by atoms with van der Waals surface area (Å²) in [5.74, 6) is -0.0100. The second-order valence-corrected chi connectivity index (χ2v) is 9.17. The third-order valence-electron chi connectivity index (χ3n) is 6.79. The van der Waals surface area contributed by atoms with Crippen molar-refractivity contribution < 1.29 is 14.5 Å². The van der Waals surface area contributed by atoms with E-state index in [-0.39, 0.29) is 11.9 Å². The van der Waals surface area contributed by atoms with Crippen molar-refractivity contribution in [3.05, 3.63) is 29.8 Å². The van der Waals surface area contributed by atoms with E-state index in [1.54, 1.807) is 0 Å². The van der Waals surface area contributed by atoms with Crippen molar-refractivity contribution in [2.45, 2.75) is 69.9 Å². The largest absolute Gasteiger partial charge is 0.372 e. The highest BCUT2D eigenvalue weighted by molar-refractivity contribution is 6.06. The average Bonchev–Trinajstić information content (AvgIpc) is 2.89. The normalized spacial score (nSPS) is 23.2. The minimum absolute atomic E-state index is 0.0100. The van der Waals surface area contributed by atoms with Crippen LogP contribution in [0.2, 0.25) is 0 Å². The minimum atomic E-state index is -0.635. The van der Waals surface area contributed by atoms with Gasteiger partial charge in [0.1, 0.15) is 12.1 Å². The zero-order valence-corrected chi connectivity index (χ0v) is 17.7. The molecule has 4 rings (SSSR count). The molecule has 1 unspecified atom stereocenters. The molecule has 2 heterocycles. The van der Waals surface area contributed by atoms with Gasteiger partial charge in [0.25, 0.3) is 5.91 Å². The van der Waals surface area contributed by atoms with E-state index in [9.17, 15) is 9.59 Å². The van der Waals surface area contributed by atoms with Crippen molar-refractivity contribution in [1.29, 1.82) is 0 Å². The molecule has 1 spiro atoms. The number of hydrogen-bond donors (Lipinski definition) is 2. The van der Waals surface area contributed by atoms with Crippen LogP contribution in [0.3, 0.4) is 0 Å². The van der Waals surface area contributed by atoms with Crippen molar-refractivity contribution in [3.8, 4) is 0 Å². The number of anilines is 1. The number of nitrogens with one attached hydrogen (secondary N) is 2. The Morgan fingerprint density at radius 1 is 0.931 bits per heavy atom. The lowest BCUT2D eigenvalue weighted by atomic mass is 9.90. The molecule has 3 aliphatic rings. The van der Waals surface area contributed by atoms with E-state index in [0.29, 0.717) is 6.67 Å². The third kappa shape index (κ3) is 4.42. The molecule has 6 heteroatoms. The Morgan fingerprint density at radius 2 is 1.55 bits per heavy atom. The van der Waals surface area contributed by atoms with Gasteiger partial charge in [0.05, 0.1) is 7.05 Å². The van der Waals surface area contributed by atoms with E-state index < -0.39 is 5.54 Å². The van der Waals surface area contributed by atoms with Crippen LogP contribution in [0.4, 0.5) is 10.5 Å². The fourth-order valence-corrected chi connectivity index (χ4v) is 5.14. The molecular weight excluding hydrogens is 364 g/mol. The fourth-order valence-electron chi connectivity index (χ4n) is 5.14. The van der Waals surface area contributed by atoms with Gasteiger partial charge in [0.15, 0.2) is 6.67 Å². The van der Waals surface area contributed by atoms with Crippen LogP contribution in [0.25, 0.3) is 0 Å². The Labute approximate surface area is 174 Å². The Balaban J connectivity index is 1.35. The SMILES string of the molecule is C[NH+](Cc1ccc(N2CCCCC2)cc1)CN1C(=O)NC2(CCCCCC2)C1=O. The van der Waals surface area contributed by atoms with Crippen molar-refractivity contribution >= 4 is 17.6 Å². The third-order valence-corrected chi connectivity index (χ3v) is 6.79. The number of imide groups is 1. The minimum Gasteiger partial charge on any atom is -0.372 e. The average molecular weight is 400 g/mol. The summed E-state index contributed by atoms with van der Waals surface area (Å²) in [5.41, 5.74) is 1.90. The molecule has 1 atom stereocenters. The first-order valence-corrected chi connectivity index (χ1v) is 11.4. The molecule has 2 aliphatic heterocycles. The van der Waals surface area contributed by atoms with Crippen LogP contribution in [0.15, 0.2) is 24.3 Å². The quantitative estimate of drug-likeness (QED) is 0.747. The van der Waals surface area contributed by atoms with E-state index >= 15 is 0 Å². The summed E-state index contributed by atoms with van der Waals surface area (Å²) in [6.45, 7) is 3.52. The molecule has 1 aliphatic carbocycles. The Hall–Kier alpha value is -2.08. The van der Waals surface area contributed by atoms with E-state index in [4.69, 9.17) is 0 Å². The second kappa shape index (κ2) is 8.74. The topological polar surface area (TPSA) is 57.1 Å². The van der Waals surface area contributed by atoms with Crippen molar-refractivity contribution in [2.75, 3.05) is 31.7 Å². The van der Waals surface area contributed by atoms with Gasteiger partial charge in [-0.3, -0.25) is 4.79 Å². The van der Waals surface area contributed by atoms with Gasteiger partial charge >= 0.3 is 6.03 Å². The maximum Gasteiger partial charge on any atom is 0.329 e. The lowest BCUT2D eigenvalue weighted by Crippen LogP contribution is -3.09. The van der Waals surface area contributed by atoms with Gasteiger partial charge in [-0.2, -0.15) is 0 Å². The summed E-state index contributed by atoms with van der Waals surface area (Å²) in [6.07, 6.45) is 9.82. The summed E-state index contributed by atoms with van der Waals surface area (Å²) in [7, 11) is 2.05. The molecule has 3 amide bonds. The number of quaternary nitrogens is 1. The van der Waals surface area contributed by atoms with Crippen LogP contribution in [-0.2, 0) is 11.3 Å². The number of nitrogens with zero attached hydrogens (tertiary/aromatic N) is 2. The number of hydrogen-bond acceptors (Lipinski definition) is 3. The number of benzene rings is 1. The summed E-state index contributed by atoms with van der Waals surface area (Å²) in [6, 6.07) is 8.58. The van der Waals surface area contributed by atoms with E-state index in [0.717, 1.165) is 63.1 Å². The molecular formula is C23H35N4O2+. The highest BCUT2D eigenvalue weighted by atomic mass is 16.2. The highest BCUT2D eigenvalue weighted by Gasteiger charge is 2.51.